The Kier molecular flexibility index (Phi) is 11.5. The maximum absolute atomic E-state index is 11.7. The van der Waals surface area contributed by atoms with Crippen LogP contribution >= 0.6 is 0 Å². The quantitative estimate of drug-likeness (QED) is 0.489. The van der Waals surface area contributed by atoms with Crippen LogP contribution in [-0.2, 0) is 39.1 Å². The van der Waals surface area contributed by atoms with Gasteiger partial charge in [0.2, 0.25) is 0 Å². The van der Waals surface area contributed by atoms with Crippen LogP contribution in [0.5, 0.6) is 0 Å². The molecule has 0 saturated heterocycles. The van der Waals surface area contributed by atoms with E-state index in [1.54, 1.807) is 30.9 Å². The number of urea groups is 1. The molecule has 0 atom stereocenters. The second-order valence-corrected chi connectivity index (χ2v) is 20.6. The van der Waals surface area contributed by atoms with Crippen molar-refractivity contribution in [2.75, 3.05) is 21.1 Å². The van der Waals surface area contributed by atoms with E-state index >= 15 is 0 Å². The zero-order chi connectivity index (χ0) is 14.6. The maximum Gasteiger partial charge on any atom is 0 e. The molecule has 0 aliphatic heterocycles. The number of benzene rings is 1. The fourth-order valence-electron chi connectivity index (χ4n) is 1.78. The van der Waals surface area contributed by atoms with Crippen molar-refractivity contribution < 1.29 is 37.5 Å². The summed E-state index contributed by atoms with van der Waals surface area (Å²) in [6, 6.07) is 8.88. The molecular formula is C16H28N2OSnY-2. The second kappa shape index (κ2) is 10.2. The third-order valence-corrected chi connectivity index (χ3v) is 9.00. The Morgan fingerprint density at radius 2 is 1.57 bits per heavy atom. The fourth-order valence-corrected chi connectivity index (χ4v) is 5.11. The minimum Gasteiger partial charge on any atom is -0.358 e. The third kappa shape index (κ3) is 7.99. The number of carbonyl (C=O) groups is 1. The van der Waals surface area contributed by atoms with Crippen molar-refractivity contribution in [2.45, 2.75) is 21.2 Å². The molecule has 0 aliphatic carbocycles. The van der Waals surface area contributed by atoms with Crippen LogP contribution in [0, 0.1) is 14.0 Å². The number of carbonyl (C=O) groups excluding carboxylic acids is 1. The average Bonchev–Trinajstić information content (AvgIpc) is 2.34. The average molecular weight is 472 g/mol. The molecule has 2 amide bonds. The van der Waals surface area contributed by atoms with Crippen LogP contribution in [0.15, 0.2) is 24.3 Å². The molecule has 117 valence electrons. The van der Waals surface area contributed by atoms with E-state index in [1.165, 1.54) is 9.14 Å². The summed E-state index contributed by atoms with van der Waals surface area (Å²) in [6.07, 6.45) is 0.788. The maximum atomic E-state index is 11.7. The first-order valence-corrected chi connectivity index (χ1v) is 16.6. The van der Waals surface area contributed by atoms with E-state index in [2.05, 4.69) is 39.1 Å². The van der Waals surface area contributed by atoms with Gasteiger partial charge in [0, 0.05) is 32.7 Å². The van der Waals surface area contributed by atoms with Gasteiger partial charge in [0.15, 0.2) is 0 Å². The molecule has 0 aliphatic rings. The van der Waals surface area contributed by atoms with Gasteiger partial charge in [-0.2, -0.15) is 0 Å². The molecule has 0 unspecified atom stereocenters. The van der Waals surface area contributed by atoms with Crippen LogP contribution in [0.25, 0.3) is 0 Å². The number of amides is 2. The van der Waals surface area contributed by atoms with Gasteiger partial charge < -0.3 is 7.43 Å². The summed E-state index contributed by atoms with van der Waals surface area (Å²) in [7, 11) is 5.32. The van der Waals surface area contributed by atoms with Gasteiger partial charge in [0.1, 0.15) is 0 Å². The minimum absolute atomic E-state index is 0. The SMILES string of the molecule is CN(C)C(=O)N(C)[CH-]Cc1cc[c]([Sn]([CH3])([CH3])[CH3])cc1.[CH3-].[Y]. The Morgan fingerprint density at radius 1 is 1.10 bits per heavy atom. The largest absolute Gasteiger partial charge is 0.358 e. The van der Waals surface area contributed by atoms with E-state index in [1.807, 2.05) is 6.54 Å². The molecule has 0 N–H and O–H groups in total. The van der Waals surface area contributed by atoms with Gasteiger partial charge in [-0.05, 0) is 0 Å². The van der Waals surface area contributed by atoms with Crippen molar-refractivity contribution in [1.29, 1.82) is 0 Å². The molecule has 0 heterocycles. The van der Waals surface area contributed by atoms with Crippen LogP contribution in [0.3, 0.4) is 0 Å². The first kappa shape index (κ1) is 23.7. The number of hydrogen-bond acceptors (Lipinski definition) is 1. The van der Waals surface area contributed by atoms with Crippen LogP contribution < -0.4 is 3.58 Å². The number of likely N-dealkylation sites (N-methyl/N-ethyl adjacent to an activating group) is 1. The van der Waals surface area contributed by atoms with Crippen LogP contribution in [0.1, 0.15) is 5.56 Å². The molecule has 3 nitrogen and oxygen atoms in total. The van der Waals surface area contributed by atoms with Crippen molar-refractivity contribution in [3.63, 3.8) is 0 Å². The van der Waals surface area contributed by atoms with Gasteiger partial charge in [0.05, 0.1) is 0 Å². The minimum atomic E-state index is -1.93. The Hall–Kier alpha value is 0.393. The molecule has 1 radical (unpaired) electrons. The first-order valence-electron chi connectivity index (χ1n) is 6.58. The van der Waals surface area contributed by atoms with Crippen molar-refractivity contribution >= 4 is 28.0 Å². The Bertz CT molecular complexity index is 427. The number of hydrogen-bond donors (Lipinski definition) is 0. The molecule has 5 heteroatoms. The standard InChI is InChI=1S/C12H16N2O.4CH3.Sn.Y/c1-13(2)12(15)14(3)10-9-11-7-5-4-6-8-11;;;;;;/h5-8,10H,9H2,1-3H3;4*1H3;;/q-1;;;;-1;;. The van der Waals surface area contributed by atoms with Crippen LogP contribution in [0.2, 0.25) is 14.8 Å². The predicted octanol–water partition coefficient (Wildman–Crippen LogP) is 3.00. The molecule has 0 spiro atoms. The Labute approximate surface area is 160 Å². The molecule has 0 bridgehead atoms. The van der Waals surface area contributed by atoms with E-state index in [0.29, 0.717) is 0 Å². The summed E-state index contributed by atoms with van der Waals surface area (Å²) < 4.78 is 1.54. The summed E-state index contributed by atoms with van der Waals surface area (Å²) in [5.41, 5.74) is 1.25. The second-order valence-electron chi connectivity index (χ2n) is 6.12. The molecular weight excluding hydrogens is 444 g/mol. The summed E-state index contributed by atoms with van der Waals surface area (Å²) in [4.78, 5) is 22.1. The van der Waals surface area contributed by atoms with Gasteiger partial charge >= 0.3 is 121 Å². The van der Waals surface area contributed by atoms with E-state index in [0.717, 1.165) is 6.42 Å². The molecule has 1 rings (SSSR count). The van der Waals surface area contributed by atoms with Gasteiger partial charge in [-0.25, -0.2) is 0 Å². The van der Waals surface area contributed by atoms with E-state index in [9.17, 15) is 4.79 Å². The van der Waals surface area contributed by atoms with Crippen molar-refractivity contribution in [2.24, 2.45) is 0 Å². The topological polar surface area (TPSA) is 23.6 Å². The molecule has 21 heavy (non-hydrogen) atoms. The zero-order valence-electron chi connectivity index (χ0n) is 14.5. The summed E-state index contributed by atoms with van der Waals surface area (Å²) >= 11 is -1.93. The van der Waals surface area contributed by atoms with Crippen LogP contribution in [-0.4, -0.2) is 55.4 Å². The van der Waals surface area contributed by atoms with E-state index in [4.69, 9.17) is 0 Å². The Balaban J connectivity index is 0. The molecule has 0 saturated carbocycles. The van der Waals surface area contributed by atoms with E-state index < -0.39 is 18.4 Å². The van der Waals surface area contributed by atoms with Crippen molar-refractivity contribution in [3.05, 3.63) is 43.8 Å². The number of rotatable bonds is 4. The first-order chi connectivity index (χ1) is 8.71. The molecule has 1 aromatic carbocycles. The zero-order valence-corrected chi connectivity index (χ0v) is 20.2. The molecule has 1 aromatic rings. The van der Waals surface area contributed by atoms with Gasteiger partial charge in [-0.3, -0.25) is 0 Å². The molecule has 0 aromatic heterocycles. The predicted molar refractivity (Wildman–Crippen MR) is 90.7 cm³/mol. The van der Waals surface area contributed by atoms with Gasteiger partial charge in [-0.1, -0.05) is 0 Å². The van der Waals surface area contributed by atoms with Gasteiger partial charge in [0.25, 0.3) is 0 Å². The summed E-state index contributed by atoms with van der Waals surface area (Å²) in [5.74, 6) is 0. The third-order valence-electron chi connectivity index (χ3n) is 3.11. The number of nitrogens with zero attached hydrogens (tertiary/aromatic N) is 2. The van der Waals surface area contributed by atoms with Crippen molar-refractivity contribution in [3.8, 4) is 0 Å². The fraction of sp³-hybridized carbons (Fsp3) is 0.438. The van der Waals surface area contributed by atoms with Gasteiger partial charge in [-0.15, -0.1) is 0 Å². The van der Waals surface area contributed by atoms with Crippen molar-refractivity contribution in [1.82, 2.24) is 9.80 Å². The Morgan fingerprint density at radius 3 is 1.95 bits per heavy atom. The molecule has 0 fully saturated rings. The van der Waals surface area contributed by atoms with Crippen LogP contribution in [0.4, 0.5) is 4.79 Å². The smallest absolute Gasteiger partial charge is 0 e. The normalized spacial score (nSPS) is 10.2. The monoisotopic (exact) mass is 473 g/mol. The van der Waals surface area contributed by atoms with E-state index in [-0.39, 0.29) is 46.2 Å². The summed E-state index contributed by atoms with van der Waals surface area (Å²) in [6.45, 7) is 1.93. The summed E-state index contributed by atoms with van der Waals surface area (Å²) in [5, 5.41) is 0.